The van der Waals surface area contributed by atoms with Gasteiger partial charge in [0, 0.05) is 43.7 Å². The third-order valence-electron chi connectivity index (χ3n) is 9.84. The number of benzene rings is 8. The van der Waals surface area contributed by atoms with Crippen LogP contribution in [0.5, 0.6) is 0 Å². The van der Waals surface area contributed by atoms with E-state index in [-0.39, 0.29) is 0 Å². The molecule has 0 saturated heterocycles. The molecule has 0 N–H and O–H groups in total. The molecular formula is C42H24N2O. The summed E-state index contributed by atoms with van der Waals surface area (Å²) < 4.78 is 11.2. The zero-order valence-electron chi connectivity index (χ0n) is 24.2. The van der Waals surface area contributed by atoms with Crippen LogP contribution in [0.4, 0.5) is 0 Å². The van der Waals surface area contributed by atoms with Gasteiger partial charge in [-0.15, -0.1) is 0 Å². The Bertz CT molecular complexity index is 2970. The number of furan rings is 1. The highest BCUT2D eigenvalue weighted by atomic mass is 16.3. The maximum Gasteiger partial charge on any atom is 0.136 e. The summed E-state index contributed by atoms with van der Waals surface area (Å²) in [5.41, 5.74) is 9.07. The molecule has 11 aromatic rings. The Labute approximate surface area is 257 Å². The van der Waals surface area contributed by atoms with Crippen molar-refractivity contribution in [3.63, 3.8) is 0 Å². The standard InChI is InChI=1S/C42H24N2O/c1-2-10-25(11-3-1)43-35-16-6-4-12-28(35)33-24-38-34(23-37(33)43)29-13-5-7-17-36(29)44(38)26-20-21-27-30-14-8-18-39-41(30)42-31(32(27)22-26)15-9-19-40(42)45-39/h1-24H. The van der Waals surface area contributed by atoms with Gasteiger partial charge >= 0.3 is 0 Å². The van der Waals surface area contributed by atoms with Crippen molar-refractivity contribution in [2.24, 2.45) is 0 Å². The Morgan fingerprint density at radius 2 is 0.844 bits per heavy atom. The number of para-hydroxylation sites is 3. The number of rotatable bonds is 2. The molecule has 0 radical (unpaired) electrons. The molecule has 0 amide bonds. The van der Waals surface area contributed by atoms with Gasteiger partial charge in [0.2, 0.25) is 0 Å². The molecule has 0 fully saturated rings. The van der Waals surface area contributed by atoms with Gasteiger partial charge in [-0.25, -0.2) is 0 Å². The first-order valence-corrected chi connectivity index (χ1v) is 15.4. The van der Waals surface area contributed by atoms with Gasteiger partial charge in [0.25, 0.3) is 0 Å². The predicted molar refractivity (Wildman–Crippen MR) is 189 cm³/mol. The minimum atomic E-state index is 0.945. The molecule has 8 aromatic carbocycles. The fraction of sp³-hybridized carbons (Fsp3) is 0. The van der Waals surface area contributed by atoms with E-state index in [1.165, 1.54) is 81.6 Å². The van der Waals surface area contributed by atoms with Crippen molar-refractivity contribution in [2.45, 2.75) is 0 Å². The molecule has 0 atom stereocenters. The monoisotopic (exact) mass is 572 g/mol. The van der Waals surface area contributed by atoms with Gasteiger partial charge in [0.15, 0.2) is 0 Å². The van der Waals surface area contributed by atoms with Crippen LogP contribution < -0.4 is 0 Å². The van der Waals surface area contributed by atoms with Crippen LogP contribution in [0.1, 0.15) is 0 Å². The summed E-state index contributed by atoms with van der Waals surface area (Å²) in [7, 11) is 0. The normalized spacial score (nSPS) is 12.4. The lowest BCUT2D eigenvalue weighted by atomic mass is 9.94. The molecule has 3 aromatic heterocycles. The first-order chi connectivity index (χ1) is 22.3. The van der Waals surface area contributed by atoms with Gasteiger partial charge in [-0.3, -0.25) is 0 Å². The molecule has 11 rings (SSSR count). The summed E-state index contributed by atoms with van der Waals surface area (Å²) in [6.45, 7) is 0. The highest BCUT2D eigenvalue weighted by Gasteiger charge is 2.20. The molecule has 0 bridgehead atoms. The molecule has 0 aliphatic heterocycles. The second-order valence-electron chi connectivity index (χ2n) is 12.1. The number of hydrogen-bond donors (Lipinski definition) is 0. The van der Waals surface area contributed by atoms with Crippen LogP contribution in [0, 0.1) is 0 Å². The van der Waals surface area contributed by atoms with E-state index in [0.29, 0.717) is 0 Å². The van der Waals surface area contributed by atoms with Crippen LogP contribution in [-0.4, -0.2) is 9.13 Å². The molecule has 45 heavy (non-hydrogen) atoms. The highest BCUT2D eigenvalue weighted by Crippen LogP contribution is 2.44. The van der Waals surface area contributed by atoms with Crippen molar-refractivity contribution < 1.29 is 4.42 Å². The Kier molecular flexibility index (Phi) is 4.32. The van der Waals surface area contributed by atoms with Gasteiger partial charge < -0.3 is 13.6 Å². The molecule has 3 nitrogen and oxygen atoms in total. The molecular weight excluding hydrogens is 548 g/mol. The van der Waals surface area contributed by atoms with E-state index >= 15 is 0 Å². The second-order valence-corrected chi connectivity index (χ2v) is 12.1. The first-order valence-electron chi connectivity index (χ1n) is 15.4. The zero-order valence-corrected chi connectivity index (χ0v) is 24.2. The number of fused-ring (bicyclic) bond motifs is 9. The molecule has 0 aliphatic rings. The summed E-state index contributed by atoms with van der Waals surface area (Å²) >= 11 is 0. The Balaban J connectivity index is 1.28. The third kappa shape index (κ3) is 2.95. The van der Waals surface area contributed by atoms with Crippen LogP contribution in [0.15, 0.2) is 150 Å². The van der Waals surface area contributed by atoms with Crippen LogP contribution in [0.3, 0.4) is 0 Å². The summed E-state index contributed by atoms with van der Waals surface area (Å²) in [5, 5.41) is 12.4. The van der Waals surface area contributed by atoms with Crippen LogP contribution in [0.25, 0.3) is 98.5 Å². The third-order valence-corrected chi connectivity index (χ3v) is 9.84. The summed E-state index contributed by atoms with van der Waals surface area (Å²) in [4.78, 5) is 0. The zero-order chi connectivity index (χ0) is 29.2. The van der Waals surface area contributed by atoms with E-state index in [1.54, 1.807) is 0 Å². The van der Waals surface area contributed by atoms with Crippen molar-refractivity contribution in [2.75, 3.05) is 0 Å². The molecule has 0 spiro atoms. The maximum absolute atomic E-state index is 6.31. The topological polar surface area (TPSA) is 23.0 Å². The SMILES string of the molecule is c1ccc(-n2c3ccccc3c3cc4c(cc32)c2ccccc2n4-c2ccc3c(c2)c2cccc4oc5cccc3c5c42)cc1. The van der Waals surface area contributed by atoms with Crippen molar-refractivity contribution >= 4 is 87.1 Å². The Morgan fingerprint density at radius 1 is 0.311 bits per heavy atom. The van der Waals surface area contributed by atoms with E-state index in [1.807, 2.05) is 0 Å². The van der Waals surface area contributed by atoms with Gasteiger partial charge in [-0.05, 0) is 82.2 Å². The van der Waals surface area contributed by atoms with Gasteiger partial charge in [-0.2, -0.15) is 0 Å². The Hall–Kier alpha value is -6.06. The van der Waals surface area contributed by atoms with Crippen LogP contribution in [-0.2, 0) is 0 Å². The molecule has 208 valence electrons. The fourth-order valence-corrected chi connectivity index (χ4v) is 8.01. The summed E-state index contributed by atoms with van der Waals surface area (Å²) in [6, 6.07) is 52.9. The van der Waals surface area contributed by atoms with E-state index in [0.717, 1.165) is 16.9 Å². The second kappa shape index (κ2) is 8.31. The van der Waals surface area contributed by atoms with Gasteiger partial charge in [0.1, 0.15) is 11.2 Å². The largest absolute Gasteiger partial charge is 0.456 e. The number of nitrogens with zero attached hydrogens (tertiary/aromatic N) is 2. The van der Waals surface area contributed by atoms with E-state index in [2.05, 4.69) is 155 Å². The molecule has 3 heteroatoms. The number of aromatic nitrogens is 2. The molecule has 3 heterocycles. The minimum Gasteiger partial charge on any atom is -0.456 e. The molecule has 0 unspecified atom stereocenters. The average Bonchev–Trinajstić information content (AvgIpc) is 3.75. The quantitative estimate of drug-likeness (QED) is 0.189. The number of hydrogen-bond acceptors (Lipinski definition) is 1. The lowest BCUT2D eigenvalue weighted by molar-refractivity contribution is 0.669. The average molecular weight is 573 g/mol. The van der Waals surface area contributed by atoms with Crippen LogP contribution in [0.2, 0.25) is 0 Å². The van der Waals surface area contributed by atoms with Crippen molar-refractivity contribution in [3.8, 4) is 11.4 Å². The van der Waals surface area contributed by atoms with Crippen molar-refractivity contribution in [1.29, 1.82) is 0 Å². The summed E-state index contributed by atoms with van der Waals surface area (Å²) in [5.74, 6) is 0. The highest BCUT2D eigenvalue weighted by molar-refractivity contribution is 6.33. The van der Waals surface area contributed by atoms with E-state index in [4.69, 9.17) is 4.42 Å². The Morgan fingerprint density at radius 3 is 1.49 bits per heavy atom. The van der Waals surface area contributed by atoms with Crippen molar-refractivity contribution in [3.05, 3.63) is 146 Å². The lowest BCUT2D eigenvalue weighted by Crippen LogP contribution is -1.95. The smallest absolute Gasteiger partial charge is 0.136 e. The van der Waals surface area contributed by atoms with Gasteiger partial charge in [-0.1, -0.05) is 84.9 Å². The summed E-state index contributed by atoms with van der Waals surface area (Å²) in [6.07, 6.45) is 0. The van der Waals surface area contributed by atoms with Gasteiger partial charge in [0.05, 0.1) is 22.1 Å². The van der Waals surface area contributed by atoms with Crippen molar-refractivity contribution in [1.82, 2.24) is 9.13 Å². The first kappa shape index (κ1) is 23.4. The van der Waals surface area contributed by atoms with E-state index < -0.39 is 0 Å². The molecule has 0 aliphatic carbocycles. The van der Waals surface area contributed by atoms with Crippen LogP contribution >= 0.6 is 0 Å². The fourth-order valence-electron chi connectivity index (χ4n) is 8.01. The molecule has 0 saturated carbocycles. The van der Waals surface area contributed by atoms with E-state index in [9.17, 15) is 0 Å². The predicted octanol–water partition coefficient (Wildman–Crippen LogP) is 11.5. The maximum atomic E-state index is 6.31. The lowest BCUT2D eigenvalue weighted by Gasteiger charge is -2.13. The minimum absolute atomic E-state index is 0.945.